The first kappa shape index (κ1) is 26.2. The molecule has 5 rings (SSSR count). The lowest BCUT2D eigenvalue weighted by molar-refractivity contribution is -0.137. The van der Waals surface area contributed by atoms with Gasteiger partial charge in [-0.05, 0) is 70.4 Å². The SMILES string of the molecule is COc1c(-c2cc(C(=O)Nc3cc(-n4ccnc4)cc(C(F)(F)F)c3)ccc2C)cc2cnc(N)nc2c1Br. The smallest absolute Gasteiger partial charge is 0.416 e. The zero-order chi connectivity index (χ0) is 27.9. The Kier molecular flexibility index (Phi) is 6.73. The van der Waals surface area contributed by atoms with Crippen LogP contribution in [0.15, 0.2) is 71.9 Å². The number of hydrogen-bond acceptors (Lipinski definition) is 6. The lowest BCUT2D eigenvalue weighted by Gasteiger charge is -2.16. The molecule has 3 N–H and O–H groups in total. The van der Waals surface area contributed by atoms with Gasteiger partial charge in [-0.2, -0.15) is 13.2 Å². The first-order valence-corrected chi connectivity index (χ1v) is 12.3. The summed E-state index contributed by atoms with van der Waals surface area (Å²) in [5.41, 5.74) is 8.03. The zero-order valence-corrected chi connectivity index (χ0v) is 22.1. The Bertz CT molecular complexity index is 1720. The predicted molar refractivity (Wildman–Crippen MR) is 145 cm³/mol. The number of nitrogens with two attached hydrogens (primary N) is 1. The zero-order valence-electron chi connectivity index (χ0n) is 20.5. The highest BCUT2D eigenvalue weighted by Gasteiger charge is 2.31. The second kappa shape index (κ2) is 10.0. The molecule has 0 unspecified atom stereocenters. The van der Waals surface area contributed by atoms with Gasteiger partial charge in [0, 0.05) is 46.5 Å². The van der Waals surface area contributed by atoms with Gasteiger partial charge in [0.05, 0.1) is 29.0 Å². The maximum absolute atomic E-state index is 13.6. The molecule has 0 spiro atoms. The predicted octanol–water partition coefficient (Wildman–Crippen LogP) is 6.42. The number of ether oxygens (including phenoxy) is 1. The molecule has 2 heterocycles. The summed E-state index contributed by atoms with van der Waals surface area (Å²) < 4.78 is 48.5. The molecular formula is C27H20BrF3N6O2. The Morgan fingerprint density at radius 2 is 1.92 bits per heavy atom. The van der Waals surface area contributed by atoms with E-state index in [9.17, 15) is 18.0 Å². The molecule has 39 heavy (non-hydrogen) atoms. The van der Waals surface area contributed by atoms with E-state index in [0.717, 1.165) is 17.7 Å². The van der Waals surface area contributed by atoms with E-state index in [1.807, 2.05) is 13.0 Å². The van der Waals surface area contributed by atoms with E-state index in [2.05, 4.69) is 36.2 Å². The second-order valence-corrected chi connectivity index (χ2v) is 9.45. The number of aryl methyl sites for hydroxylation is 1. The number of alkyl halides is 3. The van der Waals surface area contributed by atoms with E-state index in [1.165, 1.54) is 36.5 Å². The summed E-state index contributed by atoms with van der Waals surface area (Å²) in [5, 5.41) is 3.29. The summed E-state index contributed by atoms with van der Waals surface area (Å²) in [5.74, 6) is 0.00448. The van der Waals surface area contributed by atoms with Crippen molar-refractivity contribution in [1.29, 1.82) is 0 Å². The van der Waals surface area contributed by atoms with Gasteiger partial charge in [-0.25, -0.2) is 15.0 Å². The maximum Gasteiger partial charge on any atom is 0.416 e. The van der Waals surface area contributed by atoms with Crippen molar-refractivity contribution in [2.45, 2.75) is 13.1 Å². The summed E-state index contributed by atoms with van der Waals surface area (Å²) in [6, 6.07) is 10.2. The molecule has 0 atom stereocenters. The van der Waals surface area contributed by atoms with Crippen molar-refractivity contribution in [2.75, 3.05) is 18.2 Å². The molecular weight excluding hydrogens is 577 g/mol. The van der Waals surface area contributed by atoms with Crippen LogP contribution in [0.25, 0.3) is 27.7 Å². The van der Waals surface area contributed by atoms with Crippen molar-refractivity contribution in [1.82, 2.24) is 19.5 Å². The average molecular weight is 597 g/mol. The fourth-order valence-electron chi connectivity index (χ4n) is 4.20. The van der Waals surface area contributed by atoms with E-state index in [1.54, 1.807) is 24.4 Å². The number of carbonyl (C=O) groups excluding carboxylic acids is 1. The lowest BCUT2D eigenvalue weighted by atomic mass is 9.96. The molecule has 0 radical (unpaired) electrons. The van der Waals surface area contributed by atoms with Crippen molar-refractivity contribution in [3.05, 3.63) is 88.5 Å². The number of aromatic nitrogens is 4. The number of carbonyl (C=O) groups is 1. The number of rotatable bonds is 5. The Balaban J connectivity index is 1.55. The number of amides is 1. The van der Waals surface area contributed by atoms with E-state index in [-0.39, 0.29) is 22.9 Å². The Hall–Kier alpha value is -4.45. The molecule has 0 saturated heterocycles. The average Bonchev–Trinajstić information content (AvgIpc) is 3.44. The molecule has 1 amide bonds. The standard InChI is InChI=1S/C27H20BrF3N6O2/c1-14-3-4-15(7-20(14)21-8-16-12-34-26(32)36-23(16)22(28)24(21)39-2)25(38)35-18-9-17(27(29,30)31)10-19(11-18)37-6-5-33-13-37/h3-13H,1-2H3,(H,35,38)(H2,32,34,36). The highest BCUT2D eigenvalue weighted by atomic mass is 79.9. The normalized spacial score (nSPS) is 11.5. The minimum atomic E-state index is -4.61. The van der Waals surface area contributed by atoms with Crippen molar-refractivity contribution in [3.8, 4) is 22.6 Å². The molecule has 0 fully saturated rings. The number of fused-ring (bicyclic) bond motifs is 1. The third kappa shape index (κ3) is 5.15. The Morgan fingerprint density at radius 3 is 2.62 bits per heavy atom. The monoisotopic (exact) mass is 596 g/mol. The fourth-order valence-corrected chi connectivity index (χ4v) is 4.89. The number of nitrogens with one attached hydrogen (secondary N) is 1. The van der Waals surface area contributed by atoms with Crippen LogP contribution in [-0.2, 0) is 6.18 Å². The quantitative estimate of drug-likeness (QED) is 0.242. The summed E-state index contributed by atoms with van der Waals surface area (Å²) in [7, 11) is 1.51. The molecule has 3 aromatic carbocycles. The summed E-state index contributed by atoms with van der Waals surface area (Å²) in [6.07, 6.45) is 1.32. The number of nitrogens with zero attached hydrogens (tertiary/aromatic N) is 4. The first-order chi connectivity index (χ1) is 18.5. The third-order valence-corrected chi connectivity index (χ3v) is 6.82. The van der Waals surface area contributed by atoms with Crippen LogP contribution in [0.4, 0.5) is 24.8 Å². The molecule has 8 nitrogen and oxygen atoms in total. The minimum Gasteiger partial charge on any atom is -0.495 e. The molecule has 0 saturated carbocycles. The van der Waals surface area contributed by atoms with E-state index in [0.29, 0.717) is 32.3 Å². The summed E-state index contributed by atoms with van der Waals surface area (Å²) >= 11 is 3.54. The molecule has 0 aliphatic heterocycles. The van der Waals surface area contributed by atoms with Crippen LogP contribution >= 0.6 is 15.9 Å². The van der Waals surface area contributed by atoms with E-state index < -0.39 is 17.6 Å². The van der Waals surface area contributed by atoms with Gasteiger partial charge in [0.25, 0.3) is 5.91 Å². The van der Waals surface area contributed by atoms with Crippen LogP contribution in [0.3, 0.4) is 0 Å². The molecule has 0 aliphatic rings. The number of benzene rings is 3. The van der Waals surface area contributed by atoms with Gasteiger partial charge < -0.3 is 20.4 Å². The molecule has 12 heteroatoms. The van der Waals surface area contributed by atoms with Gasteiger partial charge in [0.15, 0.2) is 0 Å². The minimum absolute atomic E-state index is 0.0126. The van der Waals surface area contributed by atoms with Crippen molar-refractivity contribution >= 4 is 44.4 Å². The first-order valence-electron chi connectivity index (χ1n) is 11.5. The van der Waals surface area contributed by atoms with Gasteiger partial charge in [0.1, 0.15) is 5.75 Å². The number of halogens is 4. The van der Waals surface area contributed by atoms with Gasteiger partial charge in [-0.3, -0.25) is 4.79 Å². The van der Waals surface area contributed by atoms with E-state index in [4.69, 9.17) is 10.5 Å². The van der Waals surface area contributed by atoms with Crippen LogP contribution in [0.1, 0.15) is 21.5 Å². The second-order valence-electron chi connectivity index (χ2n) is 8.66. The van der Waals surface area contributed by atoms with Crippen LogP contribution in [-0.4, -0.2) is 32.5 Å². The molecule has 0 aliphatic carbocycles. The highest BCUT2D eigenvalue weighted by molar-refractivity contribution is 9.10. The topological polar surface area (TPSA) is 108 Å². The number of nitrogen functional groups attached to an aromatic ring is 1. The lowest BCUT2D eigenvalue weighted by Crippen LogP contribution is -2.14. The van der Waals surface area contributed by atoms with Crippen LogP contribution in [0.2, 0.25) is 0 Å². The molecule has 5 aromatic rings. The number of hydrogen-bond donors (Lipinski definition) is 2. The van der Waals surface area contributed by atoms with Gasteiger partial charge in [0.2, 0.25) is 5.95 Å². The molecule has 198 valence electrons. The highest BCUT2D eigenvalue weighted by Crippen LogP contribution is 2.42. The number of imidazole rings is 1. The maximum atomic E-state index is 13.6. The Morgan fingerprint density at radius 1 is 1.13 bits per heavy atom. The fraction of sp³-hybridized carbons (Fsp3) is 0.111. The molecule has 2 aromatic heterocycles. The van der Waals surface area contributed by atoms with Crippen molar-refractivity contribution < 1.29 is 22.7 Å². The van der Waals surface area contributed by atoms with Gasteiger partial charge >= 0.3 is 6.18 Å². The largest absolute Gasteiger partial charge is 0.495 e. The van der Waals surface area contributed by atoms with Crippen LogP contribution in [0, 0.1) is 6.92 Å². The van der Waals surface area contributed by atoms with Gasteiger partial charge in [-0.1, -0.05) is 6.07 Å². The number of methoxy groups -OCH3 is 1. The van der Waals surface area contributed by atoms with Crippen LogP contribution in [0.5, 0.6) is 5.75 Å². The van der Waals surface area contributed by atoms with Crippen molar-refractivity contribution in [2.24, 2.45) is 0 Å². The summed E-state index contributed by atoms with van der Waals surface area (Å²) in [6.45, 7) is 1.87. The van der Waals surface area contributed by atoms with E-state index >= 15 is 0 Å². The third-order valence-electron chi connectivity index (χ3n) is 6.09. The summed E-state index contributed by atoms with van der Waals surface area (Å²) in [4.78, 5) is 25.5. The molecule has 0 bridgehead atoms. The van der Waals surface area contributed by atoms with Crippen molar-refractivity contribution in [3.63, 3.8) is 0 Å². The van der Waals surface area contributed by atoms with Gasteiger partial charge in [-0.15, -0.1) is 0 Å². The Labute approximate surface area is 228 Å². The van der Waals surface area contributed by atoms with Crippen LogP contribution < -0.4 is 15.8 Å². The number of anilines is 2.